The lowest BCUT2D eigenvalue weighted by Crippen LogP contribution is -2.62. The van der Waals surface area contributed by atoms with Crippen LogP contribution in [0.3, 0.4) is 0 Å². The second-order valence-electron chi connectivity index (χ2n) is 12.9. The summed E-state index contributed by atoms with van der Waals surface area (Å²) in [6.45, 7) is 2.08. The molecule has 18 nitrogen and oxygen atoms in total. The first kappa shape index (κ1) is 41.8. The number of nitrogens with two attached hydrogens (primary N) is 1. The molecule has 18 heteroatoms. The van der Waals surface area contributed by atoms with Crippen LogP contribution >= 0.6 is 0 Å². The summed E-state index contributed by atoms with van der Waals surface area (Å²) in [6, 6.07) is 4.43. The highest BCUT2D eigenvalue weighted by Gasteiger charge is 2.35. The maximum atomic E-state index is 13.8. The number of aliphatic hydroxyl groups is 2. The normalized spacial score (nSPS) is 23.0. The van der Waals surface area contributed by atoms with Gasteiger partial charge in [0.15, 0.2) is 0 Å². The topological polar surface area (TPSA) is 288 Å². The van der Waals surface area contributed by atoms with Crippen molar-refractivity contribution in [3.8, 4) is 5.75 Å². The monoisotopic (exact) mass is 741 g/mol. The number of phenolic OH excluding ortho intramolecular Hbond substituents is 1. The molecule has 0 aromatic heterocycles. The number of carbonyl (C=O) groups excluding carboxylic acids is 7. The summed E-state index contributed by atoms with van der Waals surface area (Å²) < 4.78 is 5.50. The Labute approximate surface area is 305 Å². The van der Waals surface area contributed by atoms with Gasteiger partial charge in [0.05, 0.1) is 13.2 Å². The minimum absolute atomic E-state index is 0.0416. The molecule has 0 spiro atoms. The van der Waals surface area contributed by atoms with Crippen molar-refractivity contribution >= 4 is 41.4 Å². The average Bonchev–Trinajstić information content (AvgIpc) is 3.13. The van der Waals surface area contributed by atoms with E-state index in [1.54, 1.807) is 44.2 Å². The molecular formula is C35H47N7O11. The highest BCUT2D eigenvalue weighted by molar-refractivity contribution is 5.97. The van der Waals surface area contributed by atoms with Crippen LogP contribution in [0, 0.1) is 5.92 Å². The Morgan fingerprint density at radius 2 is 1.36 bits per heavy atom. The molecular weight excluding hydrogens is 694 g/mol. The molecule has 0 saturated carbocycles. The van der Waals surface area contributed by atoms with E-state index < -0.39 is 109 Å². The molecule has 3 rings (SSSR count). The van der Waals surface area contributed by atoms with Crippen LogP contribution in [-0.2, 0) is 51.1 Å². The zero-order valence-electron chi connectivity index (χ0n) is 29.5. The molecule has 1 heterocycles. The number of cyclic esters (lactones) is 1. The fraction of sp³-hybridized carbons (Fsp3) is 0.457. The quantitative estimate of drug-likeness (QED) is 0.101. The molecule has 53 heavy (non-hydrogen) atoms. The number of hydrogen-bond acceptors (Lipinski definition) is 12. The SMILES string of the molecule is CC(C)[C@H](NC(=O)[C@@H](N)CO)C(=O)N[C@H]1COC(=O)[C@H](Cc2ccccc2)NC(=O)[C@H](Cc2ccc(O)cc2)NC(=O)[C@H](CO)NC(=O)[C@H](C)NC1=O. The van der Waals surface area contributed by atoms with Crippen molar-refractivity contribution in [3.63, 3.8) is 0 Å². The number of esters is 1. The van der Waals surface area contributed by atoms with E-state index in [1.807, 2.05) is 0 Å². The zero-order chi connectivity index (χ0) is 39.2. The number of aromatic hydroxyl groups is 1. The van der Waals surface area contributed by atoms with Crippen LogP contribution in [0.4, 0.5) is 0 Å². The van der Waals surface area contributed by atoms with Gasteiger partial charge in [-0.15, -0.1) is 0 Å². The molecule has 11 N–H and O–H groups in total. The predicted molar refractivity (Wildman–Crippen MR) is 187 cm³/mol. The molecule has 7 atom stereocenters. The van der Waals surface area contributed by atoms with E-state index >= 15 is 0 Å². The van der Waals surface area contributed by atoms with Gasteiger partial charge in [-0.3, -0.25) is 28.8 Å². The fourth-order valence-corrected chi connectivity index (χ4v) is 5.12. The van der Waals surface area contributed by atoms with Crippen molar-refractivity contribution in [3.05, 3.63) is 65.7 Å². The number of hydrogen-bond donors (Lipinski definition) is 10. The van der Waals surface area contributed by atoms with Crippen LogP contribution in [0.1, 0.15) is 31.9 Å². The molecule has 2 aromatic rings. The smallest absolute Gasteiger partial charge is 0.329 e. The maximum absolute atomic E-state index is 13.8. The van der Waals surface area contributed by atoms with E-state index in [4.69, 9.17) is 10.5 Å². The van der Waals surface area contributed by atoms with Crippen LogP contribution in [0.2, 0.25) is 0 Å². The van der Waals surface area contributed by atoms with Gasteiger partial charge >= 0.3 is 5.97 Å². The first-order valence-electron chi connectivity index (χ1n) is 16.9. The molecule has 2 aromatic carbocycles. The van der Waals surface area contributed by atoms with Gasteiger partial charge in [-0.05, 0) is 36.1 Å². The molecule has 0 aliphatic carbocycles. The third-order valence-corrected chi connectivity index (χ3v) is 8.27. The Morgan fingerprint density at radius 1 is 0.792 bits per heavy atom. The van der Waals surface area contributed by atoms with Crippen molar-refractivity contribution in [1.82, 2.24) is 31.9 Å². The van der Waals surface area contributed by atoms with Gasteiger partial charge < -0.3 is 57.7 Å². The lowest BCUT2D eigenvalue weighted by atomic mass is 10.0. The Kier molecular flexibility index (Phi) is 15.7. The summed E-state index contributed by atoms with van der Waals surface area (Å²) in [4.78, 5) is 93.3. The van der Waals surface area contributed by atoms with Crippen molar-refractivity contribution in [2.45, 2.75) is 75.9 Å². The molecule has 1 saturated heterocycles. The number of nitrogens with one attached hydrogen (secondary N) is 6. The largest absolute Gasteiger partial charge is 0.508 e. The Balaban J connectivity index is 2.00. The van der Waals surface area contributed by atoms with E-state index in [9.17, 15) is 48.9 Å². The molecule has 0 radical (unpaired) electrons. The summed E-state index contributed by atoms with van der Waals surface area (Å²) in [5, 5.41) is 43.6. The summed E-state index contributed by atoms with van der Waals surface area (Å²) in [5.74, 6) is -7.05. The van der Waals surface area contributed by atoms with E-state index in [2.05, 4.69) is 31.9 Å². The van der Waals surface area contributed by atoms with E-state index in [0.29, 0.717) is 11.1 Å². The third-order valence-electron chi connectivity index (χ3n) is 8.27. The second kappa shape index (κ2) is 19.9. The van der Waals surface area contributed by atoms with E-state index in [1.165, 1.54) is 31.2 Å². The van der Waals surface area contributed by atoms with Crippen molar-refractivity contribution in [1.29, 1.82) is 0 Å². The fourth-order valence-electron chi connectivity index (χ4n) is 5.12. The summed E-state index contributed by atoms with van der Waals surface area (Å²) in [7, 11) is 0. The Morgan fingerprint density at radius 3 is 1.96 bits per heavy atom. The van der Waals surface area contributed by atoms with Gasteiger partial charge in [0, 0.05) is 12.8 Å². The summed E-state index contributed by atoms with van der Waals surface area (Å²) >= 11 is 0. The van der Waals surface area contributed by atoms with Gasteiger partial charge in [0.25, 0.3) is 0 Å². The van der Waals surface area contributed by atoms with Crippen LogP contribution in [0.25, 0.3) is 0 Å². The van der Waals surface area contributed by atoms with Crippen LogP contribution in [0.15, 0.2) is 54.6 Å². The van der Waals surface area contributed by atoms with Crippen molar-refractivity contribution < 1.29 is 53.6 Å². The van der Waals surface area contributed by atoms with Gasteiger partial charge in [-0.2, -0.15) is 0 Å². The number of carbonyl (C=O) groups is 7. The lowest BCUT2D eigenvalue weighted by Gasteiger charge is -2.28. The van der Waals surface area contributed by atoms with Gasteiger partial charge in [0.2, 0.25) is 35.4 Å². The molecule has 1 fully saturated rings. The number of amides is 6. The maximum Gasteiger partial charge on any atom is 0.329 e. The highest BCUT2D eigenvalue weighted by atomic mass is 16.5. The number of ether oxygens (including phenoxy) is 1. The highest BCUT2D eigenvalue weighted by Crippen LogP contribution is 2.13. The molecule has 288 valence electrons. The van der Waals surface area contributed by atoms with Crippen LogP contribution in [-0.4, -0.2) is 119 Å². The standard InChI is InChI=1S/C35H47N7O11/c1-18(2)28(42-30(47)23(36)15-43)34(51)41-27-17-53-35(52)25(14-20-7-5-4-6-8-20)39-31(48)24(13-21-9-11-22(45)12-10-21)38-32(49)26(16-44)40-29(46)19(3)37-33(27)50/h4-12,18-19,23-28,43-45H,13-17,36H2,1-3H3,(H,37,50)(H,38,49)(H,39,48)(H,40,46)(H,41,51)(H,42,47)/t19-,23-,24-,25-,26-,27-,28-/m0/s1. The number of phenols is 1. The van der Waals surface area contributed by atoms with Crippen LogP contribution < -0.4 is 37.6 Å². The van der Waals surface area contributed by atoms with Gasteiger partial charge in [-0.25, -0.2) is 4.79 Å². The number of benzene rings is 2. The minimum atomic E-state index is -1.65. The predicted octanol–water partition coefficient (Wildman–Crippen LogP) is -3.37. The molecule has 1 aliphatic heterocycles. The molecule has 0 bridgehead atoms. The zero-order valence-corrected chi connectivity index (χ0v) is 29.5. The van der Waals surface area contributed by atoms with Crippen LogP contribution in [0.5, 0.6) is 5.75 Å². The molecule has 1 aliphatic rings. The van der Waals surface area contributed by atoms with Gasteiger partial charge in [0.1, 0.15) is 54.6 Å². The Bertz CT molecular complexity index is 1610. The first-order valence-corrected chi connectivity index (χ1v) is 16.9. The number of rotatable bonds is 11. The Hall–Kier alpha value is -5.59. The second-order valence-corrected chi connectivity index (χ2v) is 12.9. The van der Waals surface area contributed by atoms with Crippen molar-refractivity contribution in [2.75, 3.05) is 19.8 Å². The van der Waals surface area contributed by atoms with E-state index in [-0.39, 0.29) is 18.6 Å². The number of aliphatic hydroxyl groups excluding tert-OH is 2. The van der Waals surface area contributed by atoms with Crippen molar-refractivity contribution in [2.24, 2.45) is 11.7 Å². The lowest BCUT2D eigenvalue weighted by molar-refractivity contribution is -0.150. The minimum Gasteiger partial charge on any atom is -0.508 e. The molecule has 6 amide bonds. The average molecular weight is 742 g/mol. The summed E-state index contributed by atoms with van der Waals surface area (Å²) in [6.07, 6.45) is -0.220. The first-order chi connectivity index (χ1) is 25.1. The third kappa shape index (κ3) is 12.5. The summed E-state index contributed by atoms with van der Waals surface area (Å²) in [5.41, 5.74) is 6.70. The van der Waals surface area contributed by atoms with Gasteiger partial charge in [-0.1, -0.05) is 56.3 Å². The molecule has 0 unspecified atom stereocenters. The van der Waals surface area contributed by atoms with E-state index in [0.717, 1.165) is 0 Å².